The van der Waals surface area contributed by atoms with Crippen LogP contribution in [0.1, 0.15) is 22.7 Å². The van der Waals surface area contributed by atoms with E-state index in [1.165, 1.54) is 17.3 Å². The summed E-state index contributed by atoms with van der Waals surface area (Å²) in [6.45, 7) is 1.81. The molecule has 6 nitrogen and oxygen atoms in total. The van der Waals surface area contributed by atoms with Gasteiger partial charge in [-0.25, -0.2) is 0 Å². The van der Waals surface area contributed by atoms with Gasteiger partial charge in [0, 0.05) is 41.1 Å². The molecule has 1 aliphatic rings. The fourth-order valence-corrected chi connectivity index (χ4v) is 3.72. The Bertz CT molecular complexity index is 1130. The van der Waals surface area contributed by atoms with Gasteiger partial charge in [-0.3, -0.25) is 24.5 Å². The number of aliphatic hydroxyl groups is 1. The fraction of sp³-hybridized carbons (Fsp3) is 0.0909. The van der Waals surface area contributed by atoms with Crippen molar-refractivity contribution in [2.75, 3.05) is 4.90 Å². The molecular formula is C22H16ClN3O3. The lowest BCUT2D eigenvalue weighted by Crippen LogP contribution is -2.30. The van der Waals surface area contributed by atoms with Gasteiger partial charge in [-0.15, -0.1) is 0 Å². The maximum Gasteiger partial charge on any atom is 0.300 e. The number of rotatable bonds is 3. The summed E-state index contributed by atoms with van der Waals surface area (Å²) in [5, 5.41) is 11.5. The molecule has 29 heavy (non-hydrogen) atoms. The number of carbonyl (C=O) groups excluding carboxylic acids is 2. The molecule has 7 heteroatoms. The Kier molecular flexibility index (Phi) is 4.86. The molecule has 1 aliphatic heterocycles. The summed E-state index contributed by atoms with van der Waals surface area (Å²) in [5.74, 6) is -1.72. The minimum atomic E-state index is -0.800. The third kappa shape index (κ3) is 3.28. The topological polar surface area (TPSA) is 83.4 Å². The van der Waals surface area contributed by atoms with Crippen molar-refractivity contribution in [1.82, 2.24) is 9.97 Å². The number of aliphatic hydroxyl groups excluding tert-OH is 1. The van der Waals surface area contributed by atoms with E-state index in [1.807, 2.05) is 6.92 Å². The number of hydrogen-bond acceptors (Lipinski definition) is 5. The summed E-state index contributed by atoms with van der Waals surface area (Å²) in [5.41, 5.74) is 2.37. The third-order valence-electron chi connectivity index (χ3n) is 4.84. The summed E-state index contributed by atoms with van der Waals surface area (Å²) in [7, 11) is 0. The Labute approximate surface area is 172 Å². The molecule has 0 bridgehead atoms. The molecule has 1 atom stereocenters. The molecule has 2 aromatic heterocycles. The zero-order valence-electron chi connectivity index (χ0n) is 15.4. The SMILES string of the molecule is Cc1cc(Cl)ccc1N1C(=O)C(=O)/C(=C(/O)c2ccncc2)C1c1ccncc1. The highest BCUT2D eigenvalue weighted by Crippen LogP contribution is 2.43. The Hall–Kier alpha value is -3.51. The minimum Gasteiger partial charge on any atom is -0.507 e. The van der Waals surface area contributed by atoms with Gasteiger partial charge in [0.15, 0.2) is 0 Å². The van der Waals surface area contributed by atoms with E-state index in [-0.39, 0.29) is 11.3 Å². The first-order valence-electron chi connectivity index (χ1n) is 8.86. The van der Waals surface area contributed by atoms with E-state index >= 15 is 0 Å². The van der Waals surface area contributed by atoms with Crippen molar-refractivity contribution in [2.45, 2.75) is 13.0 Å². The van der Waals surface area contributed by atoms with Gasteiger partial charge in [0.1, 0.15) is 5.76 Å². The summed E-state index contributed by atoms with van der Waals surface area (Å²) in [6, 6.07) is 10.9. The highest BCUT2D eigenvalue weighted by Gasteiger charge is 2.47. The average Bonchev–Trinajstić information content (AvgIpc) is 3.00. The normalized spacial score (nSPS) is 18.3. The van der Waals surface area contributed by atoms with Crippen LogP contribution in [0.25, 0.3) is 5.76 Å². The standard InChI is InChI=1S/C22H16ClN3O3/c1-13-12-16(23)2-3-17(13)26-19(14-4-8-24-9-5-14)18(21(28)22(26)29)20(27)15-6-10-25-11-7-15/h2-12,19,27H,1H3/b20-18+. The number of nitrogens with zero attached hydrogens (tertiary/aromatic N) is 3. The van der Waals surface area contributed by atoms with Crippen LogP contribution in [-0.2, 0) is 9.59 Å². The molecule has 3 heterocycles. The van der Waals surface area contributed by atoms with Gasteiger partial charge < -0.3 is 5.11 Å². The second-order valence-electron chi connectivity index (χ2n) is 6.62. The molecule has 3 aromatic rings. The van der Waals surface area contributed by atoms with E-state index in [0.29, 0.717) is 21.8 Å². The number of hydrogen-bond donors (Lipinski definition) is 1. The number of carbonyl (C=O) groups is 2. The summed E-state index contributed by atoms with van der Waals surface area (Å²) >= 11 is 6.07. The van der Waals surface area contributed by atoms with Gasteiger partial charge in [-0.2, -0.15) is 0 Å². The van der Waals surface area contributed by atoms with Crippen LogP contribution in [0.2, 0.25) is 5.02 Å². The summed E-state index contributed by atoms with van der Waals surface area (Å²) < 4.78 is 0. The Balaban J connectivity index is 1.97. The zero-order valence-corrected chi connectivity index (χ0v) is 16.2. The smallest absolute Gasteiger partial charge is 0.300 e. The van der Waals surface area contributed by atoms with Crippen LogP contribution >= 0.6 is 11.6 Å². The van der Waals surface area contributed by atoms with E-state index in [0.717, 1.165) is 5.56 Å². The highest BCUT2D eigenvalue weighted by molar-refractivity contribution is 6.51. The number of benzene rings is 1. The lowest BCUT2D eigenvalue weighted by atomic mass is 9.96. The molecule has 0 radical (unpaired) electrons. The van der Waals surface area contributed by atoms with Gasteiger partial charge in [0.05, 0.1) is 11.6 Å². The molecule has 1 N–H and O–H groups in total. The average molecular weight is 406 g/mol. The van der Waals surface area contributed by atoms with Crippen molar-refractivity contribution in [3.05, 3.63) is 94.5 Å². The molecule has 1 aromatic carbocycles. The molecule has 0 spiro atoms. The first kappa shape index (κ1) is 18.8. The molecular weight excluding hydrogens is 390 g/mol. The van der Waals surface area contributed by atoms with Crippen molar-refractivity contribution in [2.24, 2.45) is 0 Å². The van der Waals surface area contributed by atoms with Crippen LogP contribution in [0.15, 0.2) is 72.8 Å². The molecule has 0 saturated carbocycles. The summed E-state index contributed by atoms with van der Waals surface area (Å²) in [6.07, 6.45) is 6.18. The molecule has 144 valence electrons. The van der Waals surface area contributed by atoms with Crippen LogP contribution in [0, 0.1) is 6.92 Å². The lowest BCUT2D eigenvalue weighted by Gasteiger charge is -2.26. The number of amides is 1. The van der Waals surface area contributed by atoms with E-state index < -0.39 is 17.7 Å². The summed E-state index contributed by atoms with van der Waals surface area (Å²) in [4.78, 5) is 35.4. The largest absolute Gasteiger partial charge is 0.507 e. The van der Waals surface area contributed by atoms with Gasteiger partial charge in [0.2, 0.25) is 0 Å². The van der Waals surface area contributed by atoms with E-state index in [1.54, 1.807) is 54.9 Å². The predicted molar refractivity (Wildman–Crippen MR) is 109 cm³/mol. The molecule has 0 aliphatic carbocycles. The Morgan fingerprint density at radius 2 is 1.62 bits per heavy atom. The number of halogens is 1. The van der Waals surface area contributed by atoms with E-state index in [2.05, 4.69) is 9.97 Å². The second-order valence-corrected chi connectivity index (χ2v) is 7.05. The first-order valence-corrected chi connectivity index (χ1v) is 9.24. The fourth-order valence-electron chi connectivity index (χ4n) is 3.50. The molecule has 1 amide bonds. The van der Waals surface area contributed by atoms with Crippen LogP contribution in [0.3, 0.4) is 0 Å². The number of pyridine rings is 2. The molecule has 1 fully saturated rings. The van der Waals surface area contributed by atoms with Crippen molar-refractivity contribution in [3.63, 3.8) is 0 Å². The van der Waals surface area contributed by atoms with Crippen molar-refractivity contribution < 1.29 is 14.7 Å². The number of aryl methyl sites for hydroxylation is 1. The lowest BCUT2D eigenvalue weighted by molar-refractivity contribution is -0.132. The minimum absolute atomic E-state index is 0.0155. The van der Waals surface area contributed by atoms with Crippen molar-refractivity contribution in [1.29, 1.82) is 0 Å². The van der Waals surface area contributed by atoms with Crippen LogP contribution < -0.4 is 4.90 Å². The number of ketones is 1. The maximum atomic E-state index is 13.0. The van der Waals surface area contributed by atoms with Gasteiger partial charge in [0.25, 0.3) is 11.7 Å². The number of aromatic nitrogens is 2. The molecule has 4 rings (SSSR count). The molecule has 1 unspecified atom stereocenters. The van der Waals surface area contributed by atoms with Crippen LogP contribution in [0.5, 0.6) is 0 Å². The third-order valence-corrected chi connectivity index (χ3v) is 5.07. The van der Waals surface area contributed by atoms with Crippen molar-refractivity contribution >= 4 is 34.7 Å². The predicted octanol–water partition coefficient (Wildman–Crippen LogP) is 4.06. The van der Waals surface area contributed by atoms with Gasteiger partial charge >= 0.3 is 0 Å². The zero-order chi connectivity index (χ0) is 20.5. The Morgan fingerprint density at radius 1 is 1.00 bits per heavy atom. The first-order chi connectivity index (χ1) is 14.0. The molecule has 1 saturated heterocycles. The Morgan fingerprint density at radius 3 is 2.24 bits per heavy atom. The van der Waals surface area contributed by atoms with E-state index in [4.69, 9.17) is 11.6 Å². The second kappa shape index (κ2) is 7.48. The van der Waals surface area contributed by atoms with Gasteiger partial charge in [-0.05, 0) is 60.5 Å². The maximum absolute atomic E-state index is 13.0. The van der Waals surface area contributed by atoms with Crippen LogP contribution in [0.4, 0.5) is 5.69 Å². The monoisotopic (exact) mass is 405 g/mol. The van der Waals surface area contributed by atoms with Crippen LogP contribution in [-0.4, -0.2) is 26.8 Å². The quantitative estimate of drug-likeness (QED) is 0.403. The van der Waals surface area contributed by atoms with Gasteiger partial charge in [-0.1, -0.05) is 11.6 Å². The number of Topliss-reactive ketones (excluding diaryl/α,β-unsaturated/α-hetero) is 1. The highest BCUT2D eigenvalue weighted by atomic mass is 35.5. The van der Waals surface area contributed by atoms with Crippen molar-refractivity contribution in [3.8, 4) is 0 Å². The number of anilines is 1. The van der Waals surface area contributed by atoms with E-state index in [9.17, 15) is 14.7 Å².